The largest absolute Gasteiger partial charge is 0.352 e. The van der Waals surface area contributed by atoms with Gasteiger partial charge in [0.15, 0.2) is 0 Å². The van der Waals surface area contributed by atoms with Crippen molar-refractivity contribution in [3.05, 3.63) is 65.5 Å². The maximum absolute atomic E-state index is 13.0. The van der Waals surface area contributed by atoms with Gasteiger partial charge in [-0.15, -0.1) is 0 Å². The molecule has 1 fully saturated rings. The first-order valence-corrected chi connectivity index (χ1v) is 12.1. The molecule has 1 aliphatic heterocycles. The third kappa shape index (κ3) is 6.14. The van der Waals surface area contributed by atoms with Crippen LogP contribution in [0.5, 0.6) is 0 Å². The Balaban J connectivity index is 1.45. The van der Waals surface area contributed by atoms with Gasteiger partial charge >= 0.3 is 0 Å². The molecule has 0 bridgehead atoms. The fraction of sp³-hybridized carbons (Fsp3) is 0.391. The average molecular weight is 462 g/mol. The molecule has 7 nitrogen and oxygen atoms in total. The molecule has 32 heavy (non-hydrogen) atoms. The van der Waals surface area contributed by atoms with Gasteiger partial charge in [0.1, 0.15) is 5.82 Å². The highest BCUT2D eigenvalue weighted by atomic mass is 32.2. The van der Waals surface area contributed by atoms with Gasteiger partial charge in [0.2, 0.25) is 15.9 Å². The van der Waals surface area contributed by atoms with E-state index in [2.05, 4.69) is 5.32 Å². The number of rotatable bonds is 9. The summed E-state index contributed by atoms with van der Waals surface area (Å²) in [6, 6.07) is 11.9. The molecule has 0 saturated carbocycles. The number of carbonyl (C=O) groups excluding carboxylic acids is 2. The van der Waals surface area contributed by atoms with Crippen LogP contribution in [0.15, 0.2) is 53.4 Å². The number of nitrogens with one attached hydrogen (secondary N) is 1. The number of amides is 2. The second kappa shape index (κ2) is 10.7. The Hall–Kier alpha value is -2.78. The van der Waals surface area contributed by atoms with Crippen LogP contribution in [0.4, 0.5) is 4.39 Å². The SMILES string of the molecule is CN(CCCC(=O)NCc1cccc(C(=O)N2CCCC2)c1)S(=O)(=O)c1ccc(F)cc1. The average Bonchev–Trinajstić information content (AvgIpc) is 3.32. The summed E-state index contributed by atoms with van der Waals surface area (Å²) in [6.45, 7) is 2.02. The number of nitrogens with zero attached hydrogens (tertiary/aromatic N) is 2. The number of hydrogen-bond donors (Lipinski definition) is 1. The maximum Gasteiger partial charge on any atom is 0.253 e. The van der Waals surface area contributed by atoms with Crippen LogP contribution < -0.4 is 5.32 Å². The third-order valence-corrected chi connectivity index (χ3v) is 7.33. The summed E-state index contributed by atoms with van der Waals surface area (Å²) >= 11 is 0. The van der Waals surface area contributed by atoms with E-state index in [9.17, 15) is 22.4 Å². The molecule has 172 valence electrons. The first kappa shape index (κ1) is 23.9. The van der Waals surface area contributed by atoms with E-state index in [1.165, 1.54) is 19.2 Å². The molecule has 2 aromatic carbocycles. The molecule has 0 aliphatic carbocycles. The first-order chi connectivity index (χ1) is 15.3. The lowest BCUT2D eigenvalue weighted by Gasteiger charge is -2.17. The van der Waals surface area contributed by atoms with Crippen molar-refractivity contribution in [1.29, 1.82) is 0 Å². The van der Waals surface area contributed by atoms with Crippen LogP contribution in [-0.2, 0) is 21.4 Å². The zero-order valence-corrected chi connectivity index (χ0v) is 18.9. The third-order valence-electron chi connectivity index (χ3n) is 5.46. The van der Waals surface area contributed by atoms with Crippen LogP contribution in [0.1, 0.15) is 41.6 Å². The molecule has 3 rings (SSSR count). The van der Waals surface area contributed by atoms with E-state index in [0.717, 1.165) is 47.9 Å². The molecule has 2 aromatic rings. The highest BCUT2D eigenvalue weighted by Gasteiger charge is 2.21. The summed E-state index contributed by atoms with van der Waals surface area (Å²) in [5, 5.41) is 2.81. The molecule has 9 heteroatoms. The van der Waals surface area contributed by atoms with Gasteiger partial charge in [0, 0.05) is 45.2 Å². The number of likely N-dealkylation sites (tertiary alicyclic amines) is 1. The van der Waals surface area contributed by atoms with Crippen LogP contribution in [0, 0.1) is 5.82 Å². The lowest BCUT2D eigenvalue weighted by molar-refractivity contribution is -0.121. The van der Waals surface area contributed by atoms with Crippen LogP contribution in [0.25, 0.3) is 0 Å². The Morgan fingerprint density at radius 1 is 1.09 bits per heavy atom. The Labute approximate surface area is 188 Å². The van der Waals surface area contributed by atoms with E-state index in [0.29, 0.717) is 18.5 Å². The zero-order chi connectivity index (χ0) is 23.1. The minimum Gasteiger partial charge on any atom is -0.352 e. The molecular formula is C23H28FN3O4S. The van der Waals surface area contributed by atoms with Crippen molar-refractivity contribution in [2.45, 2.75) is 37.1 Å². The van der Waals surface area contributed by atoms with Crippen molar-refractivity contribution in [3.63, 3.8) is 0 Å². The number of halogens is 1. The molecule has 0 spiro atoms. The van der Waals surface area contributed by atoms with Crippen molar-refractivity contribution in [2.75, 3.05) is 26.7 Å². The van der Waals surface area contributed by atoms with Gasteiger partial charge in [0.05, 0.1) is 4.90 Å². The van der Waals surface area contributed by atoms with Gasteiger partial charge in [-0.25, -0.2) is 17.1 Å². The number of carbonyl (C=O) groups is 2. The Morgan fingerprint density at radius 3 is 2.47 bits per heavy atom. The molecule has 2 amide bonds. The van der Waals surface area contributed by atoms with Gasteiger partial charge in [0.25, 0.3) is 5.91 Å². The predicted octanol–water partition coefficient (Wildman–Crippen LogP) is 2.78. The predicted molar refractivity (Wildman–Crippen MR) is 119 cm³/mol. The van der Waals surface area contributed by atoms with Gasteiger partial charge in [-0.05, 0) is 61.2 Å². The minimum atomic E-state index is -3.73. The summed E-state index contributed by atoms with van der Waals surface area (Å²) < 4.78 is 39.1. The van der Waals surface area contributed by atoms with Gasteiger partial charge < -0.3 is 10.2 Å². The normalized spacial score (nSPS) is 14.0. The highest BCUT2D eigenvalue weighted by molar-refractivity contribution is 7.89. The summed E-state index contributed by atoms with van der Waals surface area (Å²) in [5.41, 5.74) is 1.45. The van der Waals surface area contributed by atoms with Gasteiger partial charge in [-0.1, -0.05) is 12.1 Å². The van der Waals surface area contributed by atoms with Crippen molar-refractivity contribution >= 4 is 21.8 Å². The highest BCUT2D eigenvalue weighted by Crippen LogP contribution is 2.16. The molecular weight excluding hydrogens is 433 g/mol. The van der Waals surface area contributed by atoms with Crippen LogP contribution in [0.3, 0.4) is 0 Å². The lowest BCUT2D eigenvalue weighted by atomic mass is 10.1. The molecule has 1 N–H and O–H groups in total. The quantitative estimate of drug-likeness (QED) is 0.622. The van der Waals surface area contributed by atoms with Crippen LogP contribution in [0.2, 0.25) is 0 Å². The van der Waals surface area contributed by atoms with E-state index in [1.807, 2.05) is 11.0 Å². The number of benzene rings is 2. The molecule has 0 atom stereocenters. The van der Waals surface area contributed by atoms with E-state index < -0.39 is 15.8 Å². The maximum atomic E-state index is 13.0. The molecule has 1 aliphatic rings. The van der Waals surface area contributed by atoms with Gasteiger partial charge in [-0.3, -0.25) is 9.59 Å². The fourth-order valence-corrected chi connectivity index (χ4v) is 4.78. The van der Waals surface area contributed by atoms with Crippen LogP contribution >= 0.6 is 0 Å². The van der Waals surface area contributed by atoms with E-state index in [4.69, 9.17) is 0 Å². The minimum absolute atomic E-state index is 0.00853. The second-order valence-corrected chi connectivity index (χ2v) is 9.91. The zero-order valence-electron chi connectivity index (χ0n) is 18.1. The van der Waals surface area contributed by atoms with E-state index in [1.54, 1.807) is 18.2 Å². The first-order valence-electron chi connectivity index (χ1n) is 10.6. The molecule has 1 saturated heterocycles. The Morgan fingerprint density at radius 2 is 1.78 bits per heavy atom. The summed E-state index contributed by atoms with van der Waals surface area (Å²) in [5.74, 6) is -0.691. The number of hydrogen-bond acceptors (Lipinski definition) is 4. The number of sulfonamides is 1. The Bertz CT molecular complexity index is 1050. The van der Waals surface area contributed by atoms with Crippen LogP contribution in [-0.4, -0.2) is 56.1 Å². The van der Waals surface area contributed by atoms with E-state index in [-0.39, 0.29) is 29.7 Å². The molecule has 0 radical (unpaired) electrons. The molecule has 0 aromatic heterocycles. The van der Waals surface area contributed by atoms with Crippen molar-refractivity contribution < 1.29 is 22.4 Å². The van der Waals surface area contributed by atoms with E-state index >= 15 is 0 Å². The van der Waals surface area contributed by atoms with Crippen molar-refractivity contribution in [3.8, 4) is 0 Å². The standard InChI is InChI=1S/C23H28FN3O4S/c1-26(32(30,31)21-11-9-20(24)10-12-21)13-5-8-22(28)25-17-18-6-4-7-19(16-18)23(29)27-14-2-3-15-27/h4,6-7,9-12,16H,2-3,5,8,13-15,17H2,1H3,(H,25,28). The van der Waals surface area contributed by atoms with Gasteiger partial charge in [-0.2, -0.15) is 0 Å². The summed E-state index contributed by atoms with van der Waals surface area (Å²) in [7, 11) is -2.30. The van der Waals surface area contributed by atoms with Crippen molar-refractivity contribution in [1.82, 2.24) is 14.5 Å². The smallest absolute Gasteiger partial charge is 0.253 e. The Kier molecular flexibility index (Phi) is 7.98. The summed E-state index contributed by atoms with van der Waals surface area (Å²) in [6.07, 6.45) is 2.57. The topological polar surface area (TPSA) is 86.8 Å². The van der Waals surface area contributed by atoms with Crippen molar-refractivity contribution in [2.24, 2.45) is 0 Å². The summed E-state index contributed by atoms with van der Waals surface area (Å²) in [4.78, 5) is 26.5. The molecule has 0 unspecified atom stereocenters. The molecule has 1 heterocycles. The lowest BCUT2D eigenvalue weighted by Crippen LogP contribution is -2.30. The second-order valence-electron chi connectivity index (χ2n) is 7.86. The fourth-order valence-electron chi connectivity index (χ4n) is 3.58. The monoisotopic (exact) mass is 461 g/mol.